The van der Waals surface area contributed by atoms with Gasteiger partial charge in [-0.15, -0.1) is 0 Å². The summed E-state index contributed by atoms with van der Waals surface area (Å²) in [6, 6.07) is 11.7. The zero-order valence-corrected chi connectivity index (χ0v) is 13.5. The quantitative estimate of drug-likeness (QED) is 0.810. The Balaban J connectivity index is 1.61. The topological polar surface area (TPSA) is 55.3 Å². The molecule has 1 aliphatic heterocycles. The number of ether oxygens (including phenoxy) is 1. The van der Waals surface area contributed by atoms with Gasteiger partial charge < -0.3 is 9.64 Å². The highest BCUT2D eigenvalue weighted by Gasteiger charge is 2.21. The first-order chi connectivity index (χ1) is 11.8. The first-order valence-electron chi connectivity index (χ1n) is 8.16. The fourth-order valence-electron chi connectivity index (χ4n) is 2.78. The molecule has 0 saturated carbocycles. The second-order valence-corrected chi connectivity index (χ2v) is 5.87. The highest BCUT2D eigenvalue weighted by Crippen LogP contribution is 2.13. The van der Waals surface area contributed by atoms with Gasteiger partial charge >= 0.3 is 0 Å². The molecule has 0 bridgehead atoms. The van der Waals surface area contributed by atoms with Crippen LogP contribution in [0.15, 0.2) is 55.0 Å². The van der Waals surface area contributed by atoms with E-state index in [1.807, 2.05) is 47.4 Å². The zero-order valence-electron chi connectivity index (χ0n) is 13.5. The summed E-state index contributed by atoms with van der Waals surface area (Å²) >= 11 is 0. The van der Waals surface area contributed by atoms with Crippen LogP contribution >= 0.6 is 0 Å². The summed E-state index contributed by atoms with van der Waals surface area (Å²) in [4.78, 5) is 22.5. The Morgan fingerprint density at radius 3 is 2.96 bits per heavy atom. The molecule has 3 rings (SSSR count). The van der Waals surface area contributed by atoms with Gasteiger partial charge in [0, 0.05) is 37.0 Å². The molecule has 124 valence electrons. The summed E-state index contributed by atoms with van der Waals surface area (Å²) in [5.74, 6) is 0.272. The lowest BCUT2D eigenvalue weighted by atomic mass is 10.0. The monoisotopic (exact) mass is 323 g/mol. The molecular formula is C19H21N3O2. The van der Waals surface area contributed by atoms with E-state index in [0.29, 0.717) is 26.3 Å². The molecule has 24 heavy (non-hydrogen) atoms. The number of amides is 1. The molecule has 0 unspecified atom stereocenters. The van der Waals surface area contributed by atoms with Crippen molar-refractivity contribution >= 4 is 12.0 Å². The molecule has 1 aliphatic rings. The maximum atomic E-state index is 12.5. The van der Waals surface area contributed by atoms with Crippen LogP contribution < -0.4 is 0 Å². The Morgan fingerprint density at radius 1 is 1.29 bits per heavy atom. The minimum atomic E-state index is 0.0250. The summed E-state index contributed by atoms with van der Waals surface area (Å²) < 4.78 is 5.66. The molecule has 1 fully saturated rings. The van der Waals surface area contributed by atoms with Crippen molar-refractivity contribution in [3.05, 3.63) is 66.3 Å². The van der Waals surface area contributed by atoms with Crippen LogP contribution in [0.5, 0.6) is 0 Å². The van der Waals surface area contributed by atoms with Gasteiger partial charge in [-0.25, -0.2) is 9.97 Å². The molecule has 2 aromatic rings. The number of hydrogen-bond donors (Lipinski definition) is 0. The van der Waals surface area contributed by atoms with Crippen molar-refractivity contribution in [1.29, 1.82) is 0 Å². The molecule has 5 heteroatoms. The summed E-state index contributed by atoms with van der Waals surface area (Å²) in [6.45, 7) is 2.53. The van der Waals surface area contributed by atoms with Gasteiger partial charge in [-0.2, -0.15) is 0 Å². The van der Waals surface area contributed by atoms with Crippen molar-refractivity contribution in [3.8, 4) is 0 Å². The lowest BCUT2D eigenvalue weighted by molar-refractivity contribution is -0.126. The predicted molar refractivity (Wildman–Crippen MR) is 92.1 cm³/mol. The van der Waals surface area contributed by atoms with Crippen molar-refractivity contribution in [1.82, 2.24) is 14.9 Å². The first kappa shape index (κ1) is 16.3. The second kappa shape index (κ2) is 8.36. The summed E-state index contributed by atoms with van der Waals surface area (Å²) in [5, 5.41) is 0. The van der Waals surface area contributed by atoms with Gasteiger partial charge in [-0.05, 0) is 24.1 Å². The van der Waals surface area contributed by atoms with E-state index >= 15 is 0 Å². The third kappa shape index (κ3) is 4.73. The number of benzene rings is 1. The predicted octanol–water partition coefficient (Wildman–Crippen LogP) is 2.21. The first-order valence-corrected chi connectivity index (χ1v) is 8.16. The molecular weight excluding hydrogens is 302 g/mol. The highest BCUT2D eigenvalue weighted by molar-refractivity contribution is 5.91. The van der Waals surface area contributed by atoms with Crippen LogP contribution in [0.2, 0.25) is 0 Å². The van der Waals surface area contributed by atoms with Crippen molar-refractivity contribution in [2.75, 3.05) is 26.3 Å². The van der Waals surface area contributed by atoms with Crippen LogP contribution in [0, 0.1) is 5.92 Å². The van der Waals surface area contributed by atoms with Crippen molar-refractivity contribution in [3.63, 3.8) is 0 Å². The number of aromatic nitrogens is 2. The third-order valence-electron chi connectivity index (χ3n) is 4.01. The molecule has 2 heterocycles. The van der Waals surface area contributed by atoms with Crippen molar-refractivity contribution in [2.45, 2.75) is 6.42 Å². The van der Waals surface area contributed by atoms with Gasteiger partial charge in [0.1, 0.15) is 6.33 Å². The largest absolute Gasteiger partial charge is 0.379 e. The Hall–Kier alpha value is -2.53. The van der Waals surface area contributed by atoms with Gasteiger partial charge in [-0.1, -0.05) is 30.3 Å². The van der Waals surface area contributed by atoms with Crippen LogP contribution in [0.4, 0.5) is 0 Å². The summed E-state index contributed by atoms with van der Waals surface area (Å²) in [5.41, 5.74) is 2.00. The van der Waals surface area contributed by atoms with Crippen LogP contribution in [-0.4, -0.2) is 47.1 Å². The molecule has 1 amide bonds. The average molecular weight is 323 g/mol. The Bertz CT molecular complexity index is 674. The fraction of sp³-hybridized carbons (Fsp3) is 0.316. The lowest BCUT2D eigenvalue weighted by Crippen LogP contribution is -2.35. The average Bonchev–Trinajstić information content (AvgIpc) is 2.87. The Morgan fingerprint density at radius 2 is 2.17 bits per heavy atom. The van der Waals surface area contributed by atoms with E-state index in [-0.39, 0.29) is 11.8 Å². The van der Waals surface area contributed by atoms with Crippen LogP contribution in [-0.2, 0) is 16.0 Å². The van der Waals surface area contributed by atoms with Gasteiger partial charge in [0.2, 0.25) is 5.91 Å². The highest BCUT2D eigenvalue weighted by atomic mass is 16.5. The molecule has 0 spiro atoms. The maximum Gasteiger partial charge on any atom is 0.246 e. The second-order valence-electron chi connectivity index (χ2n) is 5.87. The molecule has 5 nitrogen and oxygen atoms in total. The van der Waals surface area contributed by atoms with E-state index in [2.05, 4.69) is 9.97 Å². The molecule has 0 N–H and O–H groups in total. The normalized spacial score (nSPS) is 18.5. The minimum absolute atomic E-state index is 0.0250. The third-order valence-corrected chi connectivity index (χ3v) is 4.01. The van der Waals surface area contributed by atoms with Crippen LogP contribution in [0.25, 0.3) is 6.08 Å². The molecule has 0 aliphatic carbocycles. The standard InChI is InChI=1S/C19H21N3O2/c23-19(7-6-16-4-2-1-3-5-16)22-10-11-24-14-17(13-22)12-18-8-9-20-15-21-18/h1-9,15,17H,10-14H2/b7-6+/t17-/m0/s1. The van der Waals surface area contributed by atoms with Gasteiger partial charge in [0.05, 0.1) is 13.2 Å². The van der Waals surface area contributed by atoms with Gasteiger partial charge in [0.25, 0.3) is 0 Å². The summed E-state index contributed by atoms with van der Waals surface area (Å²) in [6.07, 6.45) is 7.58. The molecule has 1 atom stereocenters. The maximum absolute atomic E-state index is 12.5. The van der Waals surface area contributed by atoms with Crippen LogP contribution in [0.1, 0.15) is 11.3 Å². The zero-order chi connectivity index (χ0) is 16.6. The van der Waals surface area contributed by atoms with E-state index in [4.69, 9.17) is 4.74 Å². The van der Waals surface area contributed by atoms with Crippen LogP contribution in [0.3, 0.4) is 0 Å². The number of nitrogens with zero attached hydrogens (tertiary/aromatic N) is 3. The molecule has 1 saturated heterocycles. The molecule has 1 aromatic heterocycles. The molecule has 0 radical (unpaired) electrons. The van der Waals surface area contributed by atoms with Crippen molar-refractivity contribution < 1.29 is 9.53 Å². The number of carbonyl (C=O) groups is 1. The SMILES string of the molecule is O=C(/C=C/c1ccccc1)N1CCOC[C@@H](Cc2ccncn2)C1. The van der Waals surface area contributed by atoms with E-state index in [9.17, 15) is 4.79 Å². The fourth-order valence-corrected chi connectivity index (χ4v) is 2.78. The lowest BCUT2D eigenvalue weighted by Gasteiger charge is -2.22. The Labute approximate surface area is 142 Å². The van der Waals surface area contributed by atoms with Gasteiger partial charge in [0.15, 0.2) is 0 Å². The number of rotatable bonds is 4. The van der Waals surface area contributed by atoms with E-state index in [1.165, 1.54) is 0 Å². The van der Waals surface area contributed by atoms with E-state index < -0.39 is 0 Å². The summed E-state index contributed by atoms with van der Waals surface area (Å²) in [7, 11) is 0. The minimum Gasteiger partial charge on any atom is -0.379 e. The van der Waals surface area contributed by atoms with Crippen molar-refractivity contribution in [2.24, 2.45) is 5.92 Å². The van der Waals surface area contributed by atoms with Gasteiger partial charge in [-0.3, -0.25) is 4.79 Å². The smallest absolute Gasteiger partial charge is 0.246 e. The molecule has 1 aromatic carbocycles. The van der Waals surface area contributed by atoms with E-state index in [0.717, 1.165) is 17.7 Å². The Kier molecular flexibility index (Phi) is 5.69. The number of carbonyl (C=O) groups excluding carboxylic acids is 1. The van der Waals surface area contributed by atoms with E-state index in [1.54, 1.807) is 18.6 Å². The number of hydrogen-bond acceptors (Lipinski definition) is 4.